The number of benzene rings is 1. The molecule has 0 bridgehead atoms. The van der Waals surface area contributed by atoms with Crippen LogP contribution in [0.3, 0.4) is 0 Å². The van der Waals surface area contributed by atoms with Crippen LogP contribution in [0.1, 0.15) is 36.0 Å². The normalized spacial score (nSPS) is 19.8. The van der Waals surface area contributed by atoms with Gasteiger partial charge in [0.15, 0.2) is 5.82 Å². The summed E-state index contributed by atoms with van der Waals surface area (Å²) in [5.41, 5.74) is 16.4. The third-order valence-electron chi connectivity index (χ3n) is 6.91. The maximum absolute atomic E-state index is 6.14. The van der Waals surface area contributed by atoms with E-state index in [4.69, 9.17) is 20.2 Å². The molecule has 4 heterocycles. The van der Waals surface area contributed by atoms with Crippen molar-refractivity contribution in [2.45, 2.75) is 39.2 Å². The Hall–Kier alpha value is -2.94. The molecule has 3 aliphatic rings. The highest BCUT2D eigenvalue weighted by Gasteiger charge is 2.26. The zero-order valence-electron chi connectivity index (χ0n) is 20.3. The molecule has 1 aromatic carbocycles. The first kappa shape index (κ1) is 22.8. The Morgan fingerprint density at radius 3 is 2.65 bits per heavy atom. The van der Waals surface area contributed by atoms with Gasteiger partial charge in [-0.25, -0.2) is 15.4 Å². The van der Waals surface area contributed by atoms with Gasteiger partial charge in [-0.2, -0.15) is 0 Å². The van der Waals surface area contributed by atoms with Gasteiger partial charge >= 0.3 is 0 Å². The van der Waals surface area contributed by atoms with Crippen molar-refractivity contribution in [1.82, 2.24) is 25.3 Å². The molecule has 1 saturated heterocycles. The summed E-state index contributed by atoms with van der Waals surface area (Å²) in [5, 5.41) is 2.17. The fourth-order valence-corrected chi connectivity index (χ4v) is 5.08. The van der Waals surface area contributed by atoms with Gasteiger partial charge in [0.2, 0.25) is 0 Å². The van der Waals surface area contributed by atoms with Crippen LogP contribution in [0.5, 0.6) is 5.88 Å². The number of nitrogen functional groups attached to an aromatic ring is 1. The number of hydrogen-bond donors (Lipinski definition) is 2. The summed E-state index contributed by atoms with van der Waals surface area (Å²) in [5.74, 6) is 1.44. The largest absolute Gasteiger partial charge is 0.437 e. The molecule has 3 N–H and O–H groups in total. The Bertz CT molecular complexity index is 1100. The van der Waals surface area contributed by atoms with Gasteiger partial charge in [-0.3, -0.25) is 0 Å². The fourth-order valence-electron chi connectivity index (χ4n) is 5.08. The quantitative estimate of drug-likeness (QED) is 0.700. The highest BCUT2D eigenvalue weighted by atomic mass is 16.5. The van der Waals surface area contributed by atoms with Crippen LogP contribution in [0.4, 0.5) is 5.82 Å². The van der Waals surface area contributed by atoms with Crippen LogP contribution in [0.2, 0.25) is 0 Å². The van der Waals surface area contributed by atoms with E-state index in [1.165, 1.54) is 22.3 Å². The second-order valence-electron chi connectivity index (χ2n) is 9.46. The van der Waals surface area contributed by atoms with E-state index in [0.717, 1.165) is 56.0 Å². The van der Waals surface area contributed by atoms with Crippen LogP contribution >= 0.6 is 0 Å². The number of nitrogens with zero attached hydrogens (tertiary/aromatic N) is 4. The average molecular weight is 463 g/mol. The first-order chi connectivity index (χ1) is 16.5. The number of piperidine rings is 1. The van der Waals surface area contributed by atoms with Gasteiger partial charge in [0.1, 0.15) is 5.76 Å². The molecule has 1 aromatic heterocycles. The molecule has 8 nitrogen and oxygen atoms in total. The number of nitrogens with two attached hydrogens (primary N) is 1. The van der Waals surface area contributed by atoms with Crippen molar-refractivity contribution >= 4 is 11.4 Å². The Balaban J connectivity index is 1.35. The number of hydrazine groups is 1. The molecular formula is C26H34N6O2. The molecule has 0 unspecified atom stereocenters. The van der Waals surface area contributed by atoms with E-state index in [-0.39, 0.29) is 0 Å². The molecule has 2 aromatic rings. The Labute approximate surface area is 201 Å². The van der Waals surface area contributed by atoms with E-state index in [9.17, 15) is 0 Å². The summed E-state index contributed by atoms with van der Waals surface area (Å²) in [6.45, 7) is 8.58. The van der Waals surface area contributed by atoms with Crippen LogP contribution in [0, 0.1) is 13.8 Å². The van der Waals surface area contributed by atoms with Crippen LogP contribution in [0.25, 0.3) is 16.8 Å². The van der Waals surface area contributed by atoms with E-state index < -0.39 is 0 Å². The molecule has 5 rings (SSSR count). The molecule has 0 radical (unpaired) electrons. The van der Waals surface area contributed by atoms with Crippen molar-refractivity contribution in [2.75, 3.05) is 45.6 Å². The molecule has 0 spiro atoms. The molecule has 8 heteroatoms. The minimum absolute atomic E-state index is 0.291. The van der Waals surface area contributed by atoms with Crippen LogP contribution in [-0.4, -0.2) is 65.8 Å². The minimum atomic E-state index is 0.291. The standard InChI is InChI=1S/C26H34N6O2/c1-17-12-20(13-18(2)24(17)19-6-10-33-11-7-19)23-15-28-25(27)26(30-23)34-22-14-29-32(16-22)21-4-8-31(3)9-5-21/h6,12-13,15-16,21,29H,4-5,7-11,14H2,1-3H3,(H2,27,28). The third kappa shape index (κ3) is 4.80. The summed E-state index contributed by atoms with van der Waals surface area (Å²) in [4.78, 5) is 11.5. The van der Waals surface area contributed by atoms with Gasteiger partial charge < -0.3 is 25.1 Å². The second kappa shape index (κ2) is 9.74. The summed E-state index contributed by atoms with van der Waals surface area (Å²) >= 11 is 0. The van der Waals surface area contributed by atoms with Crippen LogP contribution in [-0.2, 0) is 4.74 Å². The van der Waals surface area contributed by atoms with Crippen molar-refractivity contribution in [1.29, 1.82) is 0 Å². The van der Waals surface area contributed by atoms with E-state index >= 15 is 0 Å². The number of ether oxygens (including phenoxy) is 2. The summed E-state index contributed by atoms with van der Waals surface area (Å²) in [6, 6.07) is 4.81. The van der Waals surface area contributed by atoms with Crippen molar-refractivity contribution in [2.24, 2.45) is 0 Å². The number of likely N-dealkylation sites (tertiary alicyclic amines) is 1. The Kier molecular flexibility index (Phi) is 6.54. The second-order valence-corrected chi connectivity index (χ2v) is 9.46. The molecule has 1 fully saturated rings. The average Bonchev–Trinajstić information content (AvgIpc) is 3.30. The van der Waals surface area contributed by atoms with Gasteiger partial charge in [-0.15, -0.1) is 0 Å². The van der Waals surface area contributed by atoms with Gasteiger partial charge in [-0.1, -0.05) is 6.08 Å². The van der Waals surface area contributed by atoms with Crippen molar-refractivity contribution in [3.63, 3.8) is 0 Å². The SMILES string of the molecule is Cc1cc(-c2cnc(N)c(OC3=CN(C4CCN(C)CC4)NC3)n2)cc(C)c1C1=CCOCC1. The number of hydrogen-bond acceptors (Lipinski definition) is 8. The molecular weight excluding hydrogens is 428 g/mol. The summed E-state index contributed by atoms with van der Waals surface area (Å²) in [6.07, 6.45) is 9.14. The zero-order valence-corrected chi connectivity index (χ0v) is 20.3. The third-order valence-corrected chi connectivity index (χ3v) is 6.91. The van der Waals surface area contributed by atoms with Gasteiger partial charge in [-0.05, 0) is 87.6 Å². The predicted molar refractivity (Wildman–Crippen MR) is 134 cm³/mol. The first-order valence-electron chi connectivity index (χ1n) is 12.1. The number of aryl methyl sites for hydroxylation is 2. The summed E-state index contributed by atoms with van der Waals surface area (Å²) in [7, 11) is 2.17. The molecule has 0 atom stereocenters. The smallest absolute Gasteiger partial charge is 0.263 e. The lowest BCUT2D eigenvalue weighted by Gasteiger charge is -2.34. The van der Waals surface area contributed by atoms with E-state index in [1.54, 1.807) is 6.20 Å². The number of anilines is 1. The highest BCUT2D eigenvalue weighted by molar-refractivity contribution is 5.75. The van der Waals surface area contributed by atoms with Gasteiger partial charge in [0.25, 0.3) is 5.88 Å². The number of rotatable bonds is 5. The fraction of sp³-hybridized carbons (Fsp3) is 0.462. The zero-order chi connectivity index (χ0) is 23.7. The van der Waals surface area contributed by atoms with E-state index in [0.29, 0.717) is 30.9 Å². The molecule has 0 saturated carbocycles. The van der Waals surface area contributed by atoms with Crippen molar-refractivity contribution in [3.8, 4) is 17.1 Å². The molecule has 0 aliphatic carbocycles. The monoisotopic (exact) mass is 462 g/mol. The van der Waals surface area contributed by atoms with Crippen LogP contribution in [0.15, 0.2) is 36.4 Å². The lowest BCUT2D eigenvalue weighted by molar-refractivity contribution is 0.134. The lowest BCUT2D eigenvalue weighted by Crippen LogP contribution is -2.45. The van der Waals surface area contributed by atoms with Gasteiger partial charge in [0.05, 0.1) is 37.8 Å². The van der Waals surface area contributed by atoms with Gasteiger partial charge in [0, 0.05) is 11.6 Å². The predicted octanol–water partition coefficient (Wildman–Crippen LogP) is 3.28. The molecule has 180 valence electrons. The van der Waals surface area contributed by atoms with Crippen LogP contribution < -0.4 is 15.9 Å². The van der Waals surface area contributed by atoms with E-state index in [2.05, 4.69) is 59.4 Å². The minimum Gasteiger partial charge on any atom is -0.437 e. The van der Waals surface area contributed by atoms with Crippen molar-refractivity contribution < 1.29 is 9.47 Å². The first-order valence-corrected chi connectivity index (χ1v) is 12.1. The lowest BCUT2D eigenvalue weighted by atomic mass is 9.90. The number of aromatic nitrogens is 2. The number of nitrogens with one attached hydrogen (secondary N) is 1. The van der Waals surface area contributed by atoms with E-state index in [1.807, 2.05) is 6.20 Å². The maximum atomic E-state index is 6.14. The maximum Gasteiger partial charge on any atom is 0.263 e. The Morgan fingerprint density at radius 1 is 1.18 bits per heavy atom. The highest BCUT2D eigenvalue weighted by Crippen LogP contribution is 2.32. The molecule has 3 aliphatic heterocycles. The Morgan fingerprint density at radius 2 is 1.94 bits per heavy atom. The summed E-state index contributed by atoms with van der Waals surface area (Å²) < 4.78 is 11.6. The molecule has 0 amide bonds. The molecule has 34 heavy (non-hydrogen) atoms. The topological polar surface area (TPSA) is 88.8 Å². The van der Waals surface area contributed by atoms with Crippen molar-refractivity contribution in [3.05, 3.63) is 53.1 Å².